The van der Waals surface area contributed by atoms with E-state index in [1.807, 2.05) is 0 Å². The normalized spacial score (nSPS) is 25.1. The van der Waals surface area contributed by atoms with Crippen LogP contribution in [0.15, 0.2) is 0 Å². The van der Waals surface area contributed by atoms with Gasteiger partial charge in [-0.1, -0.05) is 0 Å². The van der Waals surface area contributed by atoms with Crippen molar-refractivity contribution in [3.63, 3.8) is 0 Å². The number of hydrogen-bond acceptors (Lipinski definition) is 9. The fraction of sp³-hybridized carbons (Fsp3) is 1.00. The Hall–Kier alpha value is -0.0900. The monoisotopic (exact) mass is 252 g/mol. The minimum atomic E-state index is -2.54. The van der Waals surface area contributed by atoms with Crippen LogP contribution in [-0.2, 0) is 13.6 Å². The van der Waals surface area contributed by atoms with Crippen LogP contribution in [-0.4, -0.2) is 39.4 Å². The highest BCUT2D eigenvalue weighted by atomic mass is 31.1. The van der Waals surface area contributed by atoms with Gasteiger partial charge in [0.15, 0.2) is 12.7 Å². The van der Waals surface area contributed by atoms with Crippen LogP contribution < -0.4 is 31.9 Å². The molecule has 0 aromatic carbocycles. The SMILES string of the molecule is O=[PH](OC1NCNCN1)OC1NCNCN1. The van der Waals surface area contributed by atoms with Gasteiger partial charge in [0.1, 0.15) is 0 Å². The highest BCUT2D eigenvalue weighted by Gasteiger charge is 2.19. The van der Waals surface area contributed by atoms with Gasteiger partial charge in [-0.2, -0.15) is 0 Å². The van der Waals surface area contributed by atoms with Crippen molar-refractivity contribution in [1.82, 2.24) is 31.9 Å². The van der Waals surface area contributed by atoms with E-state index >= 15 is 0 Å². The first-order valence-corrected chi connectivity index (χ1v) is 6.29. The zero-order chi connectivity index (χ0) is 11.2. The molecule has 0 aromatic heterocycles. The fourth-order valence-electron chi connectivity index (χ4n) is 1.32. The van der Waals surface area contributed by atoms with Crippen molar-refractivity contribution in [2.75, 3.05) is 26.7 Å². The Labute approximate surface area is 94.0 Å². The molecule has 0 unspecified atom stereocenters. The van der Waals surface area contributed by atoms with Gasteiger partial charge in [-0.05, 0) is 0 Å². The van der Waals surface area contributed by atoms with Crippen LogP contribution >= 0.6 is 8.25 Å². The lowest BCUT2D eigenvalue weighted by molar-refractivity contribution is 0.0470. The van der Waals surface area contributed by atoms with Gasteiger partial charge in [0.25, 0.3) is 0 Å². The number of rotatable bonds is 4. The van der Waals surface area contributed by atoms with Crippen LogP contribution in [0.3, 0.4) is 0 Å². The summed E-state index contributed by atoms with van der Waals surface area (Å²) < 4.78 is 21.8. The van der Waals surface area contributed by atoms with Crippen LogP contribution in [0, 0.1) is 0 Å². The second-order valence-corrected chi connectivity index (χ2v) is 4.24. The number of hydrogen-bond donors (Lipinski definition) is 6. The smallest absolute Gasteiger partial charge is 0.292 e. The lowest BCUT2D eigenvalue weighted by Crippen LogP contribution is -2.57. The van der Waals surface area contributed by atoms with Gasteiger partial charge >= 0.3 is 8.25 Å². The molecule has 10 heteroatoms. The van der Waals surface area contributed by atoms with E-state index in [2.05, 4.69) is 31.9 Å². The van der Waals surface area contributed by atoms with E-state index < -0.39 is 21.0 Å². The van der Waals surface area contributed by atoms with Crippen molar-refractivity contribution >= 4 is 8.25 Å². The molecule has 2 fully saturated rings. The van der Waals surface area contributed by atoms with Crippen molar-refractivity contribution in [3.05, 3.63) is 0 Å². The van der Waals surface area contributed by atoms with Gasteiger partial charge in [0.05, 0.1) is 0 Å². The Morgan fingerprint density at radius 3 is 1.56 bits per heavy atom. The maximum atomic E-state index is 11.5. The zero-order valence-electron chi connectivity index (χ0n) is 8.71. The van der Waals surface area contributed by atoms with Gasteiger partial charge in [-0.15, -0.1) is 0 Å². The molecule has 16 heavy (non-hydrogen) atoms. The third kappa shape index (κ3) is 4.06. The molecule has 0 spiro atoms. The molecular formula is C6H17N6O3P. The highest BCUT2D eigenvalue weighted by molar-refractivity contribution is 7.33. The van der Waals surface area contributed by atoms with E-state index in [1.54, 1.807) is 0 Å². The Morgan fingerprint density at radius 2 is 1.19 bits per heavy atom. The molecule has 0 aromatic rings. The van der Waals surface area contributed by atoms with Crippen molar-refractivity contribution in [2.24, 2.45) is 0 Å². The molecule has 2 saturated heterocycles. The lowest BCUT2D eigenvalue weighted by Gasteiger charge is -2.28. The fourth-order valence-corrected chi connectivity index (χ4v) is 2.09. The van der Waals surface area contributed by atoms with Crippen molar-refractivity contribution in [3.8, 4) is 0 Å². The zero-order valence-corrected chi connectivity index (χ0v) is 9.71. The molecule has 0 radical (unpaired) electrons. The second-order valence-electron chi connectivity index (χ2n) is 3.27. The summed E-state index contributed by atoms with van der Waals surface area (Å²) >= 11 is 0. The summed E-state index contributed by atoms with van der Waals surface area (Å²) in [6, 6.07) is 0. The molecule has 0 atom stereocenters. The van der Waals surface area contributed by atoms with Crippen LogP contribution in [0.25, 0.3) is 0 Å². The highest BCUT2D eigenvalue weighted by Crippen LogP contribution is 2.25. The summed E-state index contributed by atoms with van der Waals surface area (Å²) in [5.41, 5.74) is 0. The standard InChI is InChI=1S/C6H17N6O3P/c13-16(14-5-9-1-7-2-10-5)15-6-11-3-8-4-12-6/h5-12,16H,1-4H2. The minimum Gasteiger partial charge on any atom is -0.292 e. The van der Waals surface area contributed by atoms with Crippen molar-refractivity contribution < 1.29 is 13.6 Å². The summed E-state index contributed by atoms with van der Waals surface area (Å²) in [5, 5.41) is 17.7. The van der Waals surface area contributed by atoms with Gasteiger partial charge in [-0.3, -0.25) is 45.5 Å². The first-order chi connectivity index (χ1) is 7.84. The predicted molar refractivity (Wildman–Crippen MR) is 57.0 cm³/mol. The molecule has 0 aliphatic carbocycles. The van der Waals surface area contributed by atoms with E-state index in [-0.39, 0.29) is 0 Å². The first kappa shape index (κ1) is 12.4. The van der Waals surface area contributed by atoms with Gasteiger partial charge in [0, 0.05) is 26.7 Å². The van der Waals surface area contributed by atoms with E-state index in [1.165, 1.54) is 0 Å². The molecule has 94 valence electrons. The van der Waals surface area contributed by atoms with Gasteiger partial charge < -0.3 is 0 Å². The molecule has 9 nitrogen and oxygen atoms in total. The predicted octanol–water partition coefficient (Wildman–Crippen LogP) is -2.63. The molecule has 2 aliphatic rings. The Balaban J connectivity index is 1.66. The second kappa shape index (κ2) is 6.60. The van der Waals surface area contributed by atoms with Crippen LogP contribution in [0.4, 0.5) is 0 Å². The average Bonchev–Trinajstić information content (AvgIpc) is 2.31. The quantitative estimate of drug-likeness (QED) is 0.300. The summed E-state index contributed by atoms with van der Waals surface area (Å²) in [6.07, 6.45) is -0.872. The Morgan fingerprint density at radius 1 is 0.812 bits per heavy atom. The van der Waals surface area contributed by atoms with E-state index in [0.29, 0.717) is 26.7 Å². The summed E-state index contributed by atoms with van der Waals surface area (Å²) in [6.45, 7) is 2.43. The maximum absolute atomic E-state index is 11.5. The number of nitrogens with one attached hydrogen (secondary N) is 6. The minimum absolute atomic E-state index is 0.436. The molecule has 2 aliphatic heterocycles. The molecule has 0 saturated carbocycles. The lowest BCUT2D eigenvalue weighted by atomic mass is 10.7. The molecule has 2 rings (SSSR count). The van der Waals surface area contributed by atoms with E-state index in [4.69, 9.17) is 9.05 Å². The van der Waals surface area contributed by atoms with E-state index in [9.17, 15) is 4.57 Å². The summed E-state index contributed by atoms with van der Waals surface area (Å²) in [5.74, 6) is 0. The van der Waals surface area contributed by atoms with E-state index in [0.717, 1.165) is 0 Å². The van der Waals surface area contributed by atoms with Crippen LogP contribution in [0.1, 0.15) is 0 Å². The molecule has 2 heterocycles. The third-order valence-electron chi connectivity index (χ3n) is 2.08. The Bertz CT molecular complexity index is 210. The molecular weight excluding hydrogens is 235 g/mol. The molecule has 0 bridgehead atoms. The summed E-state index contributed by atoms with van der Waals surface area (Å²) in [7, 11) is -2.54. The largest absolute Gasteiger partial charge is 0.324 e. The Kier molecular flexibility index (Phi) is 5.10. The molecule has 0 amide bonds. The van der Waals surface area contributed by atoms with Gasteiger partial charge in [-0.25, -0.2) is 0 Å². The maximum Gasteiger partial charge on any atom is 0.324 e. The van der Waals surface area contributed by atoms with Crippen molar-refractivity contribution in [1.29, 1.82) is 0 Å². The van der Waals surface area contributed by atoms with Crippen molar-refractivity contribution in [2.45, 2.75) is 12.7 Å². The third-order valence-corrected chi connectivity index (χ3v) is 2.93. The summed E-state index contributed by atoms with van der Waals surface area (Å²) in [4.78, 5) is 0. The van der Waals surface area contributed by atoms with Crippen LogP contribution in [0.2, 0.25) is 0 Å². The topological polar surface area (TPSA) is 108 Å². The average molecular weight is 252 g/mol. The van der Waals surface area contributed by atoms with Gasteiger partial charge in [0.2, 0.25) is 0 Å². The first-order valence-electron chi connectivity index (χ1n) is 5.07. The van der Waals surface area contributed by atoms with Crippen LogP contribution in [0.5, 0.6) is 0 Å². The molecule has 6 N–H and O–H groups in total.